The number of anilines is 1. The number of likely N-dealkylation sites (N-methyl/N-ethyl adjacent to an activating group) is 1. The fourth-order valence-electron chi connectivity index (χ4n) is 6.82. The standard InChI is InChI=1S/C38H55N7O5S/c1-26(2)18-33(46)36(49)32(19-27-10-5-4-6-11-27)45(24-35(48)44(3)17-14-30-13-7-8-16-41-30)37(50)29(20-31-25-51-38(39)43-31)21-34(47)42-23-28-12-9-15-40-22-28/h7-9,12-13,15-16,22,25-27,29,32-33,36,46,49H,4-6,10-11,14,17-21,23-24H2,1-3H3,(H2,39,43)(H,42,47)/t29-,32+,33+,36-/m1/s1. The lowest BCUT2D eigenvalue weighted by Crippen LogP contribution is -2.56. The number of carbonyl (C=O) groups excluding carboxylic acids is 3. The Bertz CT molecular complexity index is 1500. The largest absolute Gasteiger partial charge is 0.390 e. The van der Waals surface area contributed by atoms with Crippen LogP contribution in [0.3, 0.4) is 0 Å². The third-order valence-corrected chi connectivity index (χ3v) is 10.4. The molecule has 4 atom stereocenters. The van der Waals surface area contributed by atoms with E-state index < -0.39 is 30.1 Å². The minimum atomic E-state index is -1.29. The predicted molar refractivity (Wildman–Crippen MR) is 198 cm³/mol. The lowest BCUT2D eigenvalue weighted by atomic mass is 9.81. The zero-order chi connectivity index (χ0) is 36.8. The van der Waals surface area contributed by atoms with Crippen LogP contribution in [0, 0.1) is 17.8 Å². The highest BCUT2D eigenvalue weighted by Gasteiger charge is 2.40. The highest BCUT2D eigenvalue weighted by Crippen LogP contribution is 2.32. The van der Waals surface area contributed by atoms with Crippen molar-refractivity contribution in [2.45, 2.75) is 103 Å². The first-order chi connectivity index (χ1) is 24.5. The van der Waals surface area contributed by atoms with E-state index in [1.54, 1.807) is 42.0 Å². The molecule has 12 nitrogen and oxygen atoms in total. The van der Waals surface area contributed by atoms with Crippen molar-refractivity contribution in [2.24, 2.45) is 17.8 Å². The van der Waals surface area contributed by atoms with E-state index in [1.807, 2.05) is 38.1 Å². The fourth-order valence-corrected chi connectivity index (χ4v) is 7.40. The Kier molecular flexibility index (Phi) is 15.8. The summed E-state index contributed by atoms with van der Waals surface area (Å²) in [6, 6.07) is 8.43. The first-order valence-corrected chi connectivity index (χ1v) is 19.0. The summed E-state index contributed by atoms with van der Waals surface area (Å²) in [5.41, 5.74) is 8.17. The molecule has 1 fully saturated rings. The zero-order valence-electron chi connectivity index (χ0n) is 30.2. The number of hydrogen-bond acceptors (Lipinski definition) is 10. The van der Waals surface area contributed by atoms with E-state index >= 15 is 0 Å². The lowest BCUT2D eigenvalue weighted by Gasteiger charge is -2.41. The second-order valence-electron chi connectivity index (χ2n) is 14.3. The van der Waals surface area contributed by atoms with E-state index in [0.29, 0.717) is 36.6 Å². The maximum absolute atomic E-state index is 14.9. The van der Waals surface area contributed by atoms with E-state index in [2.05, 4.69) is 20.3 Å². The molecule has 51 heavy (non-hydrogen) atoms. The second-order valence-corrected chi connectivity index (χ2v) is 15.2. The number of carbonyl (C=O) groups is 3. The average Bonchev–Trinajstić information content (AvgIpc) is 3.55. The minimum absolute atomic E-state index is 0.0971. The molecule has 0 spiro atoms. The summed E-state index contributed by atoms with van der Waals surface area (Å²) in [6.45, 7) is 4.24. The monoisotopic (exact) mass is 721 g/mol. The zero-order valence-corrected chi connectivity index (χ0v) is 31.0. The van der Waals surface area contributed by atoms with Gasteiger partial charge in [0.05, 0.1) is 23.8 Å². The molecule has 0 aromatic carbocycles. The van der Waals surface area contributed by atoms with Gasteiger partial charge in [0.25, 0.3) is 0 Å². The summed E-state index contributed by atoms with van der Waals surface area (Å²) in [4.78, 5) is 58.2. The number of nitrogens with zero attached hydrogens (tertiary/aromatic N) is 5. The third kappa shape index (κ3) is 13.0. The van der Waals surface area contributed by atoms with E-state index in [4.69, 9.17) is 5.73 Å². The average molecular weight is 722 g/mol. The number of rotatable bonds is 19. The van der Waals surface area contributed by atoms with E-state index in [1.165, 1.54) is 16.2 Å². The van der Waals surface area contributed by atoms with Crippen LogP contribution in [0.1, 0.15) is 82.2 Å². The quantitative estimate of drug-likeness (QED) is 0.143. The van der Waals surface area contributed by atoms with Gasteiger partial charge in [-0.25, -0.2) is 4.98 Å². The van der Waals surface area contributed by atoms with Crippen LogP contribution < -0.4 is 11.1 Å². The van der Waals surface area contributed by atoms with E-state index in [-0.39, 0.29) is 49.6 Å². The molecule has 1 saturated carbocycles. The van der Waals surface area contributed by atoms with Crippen LogP contribution in [-0.2, 0) is 33.8 Å². The first-order valence-electron chi connectivity index (χ1n) is 18.2. The molecule has 278 valence electrons. The smallest absolute Gasteiger partial charge is 0.241 e. The molecule has 5 N–H and O–H groups in total. The summed E-state index contributed by atoms with van der Waals surface area (Å²) < 4.78 is 0. The van der Waals surface area contributed by atoms with Gasteiger partial charge in [0.15, 0.2) is 5.13 Å². The van der Waals surface area contributed by atoms with Gasteiger partial charge < -0.3 is 31.1 Å². The number of aliphatic hydroxyl groups excluding tert-OH is 2. The van der Waals surface area contributed by atoms with Gasteiger partial charge in [0.2, 0.25) is 17.7 Å². The van der Waals surface area contributed by atoms with Crippen molar-refractivity contribution < 1.29 is 24.6 Å². The minimum Gasteiger partial charge on any atom is -0.390 e. The molecule has 4 rings (SSSR count). The number of pyridine rings is 2. The summed E-state index contributed by atoms with van der Waals surface area (Å²) in [7, 11) is 1.69. The molecule has 3 amide bonds. The Balaban J connectivity index is 1.65. The number of nitrogens with two attached hydrogens (primary N) is 1. The van der Waals surface area contributed by atoms with Crippen molar-refractivity contribution in [2.75, 3.05) is 25.9 Å². The molecule has 0 bridgehead atoms. The van der Waals surface area contributed by atoms with Crippen molar-refractivity contribution >= 4 is 34.2 Å². The van der Waals surface area contributed by atoms with Crippen LogP contribution >= 0.6 is 11.3 Å². The number of nitrogens with one attached hydrogen (secondary N) is 1. The molecular weight excluding hydrogens is 667 g/mol. The Morgan fingerprint density at radius 1 is 1.06 bits per heavy atom. The molecule has 0 saturated heterocycles. The molecule has 1 aliphatic carbocycles. The Labute approximate surface area is 305 Å². The topological polar surface area (TPSA) is 175 Å². The molecular formula is C38H55N7O5S. The van der Waals surface area contributed by atoms with Gasteiger partial charge in [-0.2, -0.15) is 0 Å². The highest BCUT2D eigenvalue weighted by atomic mass is 32.1. The van der Waals surface area contributed by atoms with Gasteiger partial charge in [0, 0.05) is 69.1 Å². The molecule has 1 aliphatic rings. The number of aromatic nitrogens is 3. The van der Waals surface area contributed by atoms with Crippen molar-refractivity contribution in [3.8, 4) is 0 Å². The summed E-state index contributed by atoms with van der Waals surface area (Å²) in [6.07, 6.45) is 9.02. The van der Waals surface area contributed by atoms with Gasteiger partial charge >= 0.3 is 0 Å². The van der Waals surface area contributed by atoms with Crippen LogP contribution in [0.5, 0.6) is 0 Å². The maximum Gasteiger partial charge on any atom is 0.241 e. The van der Waals surface area contributed by atoms with Gasteiger partial charge in [-0.15, -0.1) is 11.3 Å². The predicted octanol–water partition coefficient (Wildman–Crippen LogP) is 4.02. The molecule has 3 heterocycles. The van der Waals surface area contributed by atoms with Crippen molar-refractivity contribution in [1.82, 2.24) is 30.1 Å². The maximum atomic E-state index is 14.9. The van der Waals surface area contributed by atoms with Gasteiger partial charge in [-0.1, -0.05) is 58.1 Å². The second kappa shape index (κ2) is 20.2. The van der Waals surface area contributed by atoms with Gasteiger partial charge in [0.1, 0.15) is 12.6 Å². The molecule has 13 heteroatoms. The molecule has 3 aromatic heterocycles. The Hall–Kier alpha value is -3.94. The van der Waals surface area contributed by atoms with E-state index in [0.717, 1.165) is 43.4 Å². The SMILES string of the molecule is CC(C)C[C@H](O)[C@H](O)[C@H](CC1CCCCC1)N(CC(=O)N(C)CCc1ccccn1)C(=O)[C@@H](CC(=O)NCc1cccnc1)Cc1csc(N)n1. The van der Waals surface area contributed by atoms with Crippen molar-refractivity contribution in [1.29, 1.82) is 0 Å². The summed E-state index contributed by atoms with van der Waals surface area (Å²) in [5.74, 6) is -1.69. The third-order valence-electron chi connectivity index (χ3n) is 9.66. The highest BCUT2D eigenvalue weighted by molar-refractivity contribution is 7.13. The van der Waals surface area contributed by atoms with E-state index in [9.17, 15) is 24.6 Å². The molecule has 3 aromatic rings. The van der Waals surface area contributed by atoms with Crippen molar-refractivity contribution in [3.63, 3.8) is 0 Å². The molecule has 0 unspecified atom stereocenters. The number of nitrogen functional groups attached to an aromatic ring is 1. The number of hydrogen-bond donors (Lipinski definition) is 4. The number of thiazole rings is 1. The van der Waals surface area contributed by atoms with Gasteiger partial charge in [-0.05, 0) is 48.4 Å². The Morgan fingerprint density at radius 3 is 2.49 bits per heavy atom. The fraction of sp³-hybridized carbons (Fsp3) is 0.579. The normalized spacial score (nSPS) is 15.9. The summed E-state index contributed by atoms with van der Waals surface area (Å²) >= 11 is 1.25. The van der Waals surface area contributed by atoms with Crippen LogP contribution in [-0.4, -0.2) is 91.1 Å². The number of aliphatic hydroxyl groups is 2. The summed E-state index contributed by atoms with van der Waals surface area (Å²) in [5, 5.41) is 28.2. The van der Waals surface area contributed by atoms with Crippen LogP contribution in [0.4, 0.5) is 5.13 Å². The number of amides is 3. The Morgan fingerprint density at radius 2 is 1.84 bits per heavy atom. The van der Waals surface area contributed by atoms with Crippen LogP contribution in [0.25, 0.3) is 0 Å². The molecule has 0 radical (unpaired) electrons. The van der Waals surface area contributed by atoms with Crippen molar-refractivity contribution in [3.05, 3.63) is 71.3 Å². The van der Waals surface area contributed by atoms with Crippen LogP contribution in [0.15, 0.2) is 54.3 Å². The first kappa shape index (κ1) is 39.8. The molecule has 0 aliphatic heterocycles. The lowest BCUT2D eigenvalue weighted by molar-refractivity contribution is -0.151. The van der Waals surface area contributed by atoms with Crippen LogP contribution in [0.2, 0.25) is 0 Å². The van der Waals surface area contributed by atoms with Gasteiger partial charge in [-0.3, -0.25) is 24.4 Å².